The van der Waals surface area contributed by atoms with Gasteiger partial charge in [0.2, 0.25) is 0 Å². The first-order valence-corrected chi connectivity index (χ1v) is 7.44. The summed E-state index contributed by atoms with van der Waals surface area (Å²) in [5, 5.41) is 0. The molecule has 2 rings (SSSR count). The Morgan fingerprint density at radius 1 is 1.10 bits per heavy atom. The first-order chi connectivity index (χ1) is 9.27. The fourth-order valence-corrected chi connectivity index (χ4v) is 2.75. The fraction of sp³-hybridized carbons (Fsp3) is 0.375. The summed E-state index contributed by atoms with van der Waals surface area (Å²) in [7, 11) is 0. The Bertz CT molecular complexity index is 613. The molecule has 0 spiro atoms. The number of aryl methyl sites for hydroxylation is 1. The summed E-state index contributed by atoms with van der Waals surface area (Å²) in [6.07, 6.45) is 0.695. The highest BCUT2D eigenvalue weighted by Crippen LogP contribution is 2.31. The number of hydrogen-bond acceptors (Lipinski definition) is 3. The van der Waals surface area contributed by atoms with Crippen molar-refractivity contribution in [2.24, 2.45) is 0 Å². The van der Waals surface area contributed by atoms with E-state index in [1.807, 2.05) is 0 Å². The van der Waals surface area contributed by atoms with E-state index in [1.165, 1.54) is 11.1 Å². The van der Waals surface area contributed by atoms with Crippen LogP contribution in [-0.4, -0.2) is 9.97 Å². The van der Waals surface area contributed by atoms with Gasteiger partial charge >= 0.3 is 0 Å². The van der Waals surface area contributed by atoms with E-state index < -0.39 is 0 Å². The number of aromatic nitrogens is 2. The minimum atomic E-state index is -0.0715. The summed E-state index contributed by atoms with van der Waals surface area (Å²) in [6.45, 7) is 8.44. The first-order valence-electron chi connectivity index (χ1n) is 6.65. The highest BCUT2D eigenvalue weighted by atomic mass is 79.9. The molecule has 0 bridgehead atoms. The van der Waals surface area contributed by atoms with Crippen LogP contribution in [0.25, 0.3) is 0 Å². The van der Waals surface area contributed by atoms with Gasteiger partial charge in [0.25, 0.3) is 0 Å². The van der Waals surface area contributed by atoms with Crippen LogP contribution in [0.2, 0.25) is 0 Å². The molecule has 0 radical (unpaired) electrons. The van der Waals surface area contributed by atoms with Crippen LogP contribution in [0.15, 0.2) is 28.7 Å². The predicted octanol–water partition coefficient (Wildman–Crippen LogP) is 4.02. The summed E-state index contributed by atoms with van der Waals surface area (Å²) in [5.74, 6) is 1.27. The van der Waals surface area contributed by atoms with Crippen LogP contribution in [0.3, 0.4) is 0 Å². The maximum Gasteiger partial charge on any atom is 0.141 e. The predicted molar refractivity (Wildman–Crippen MR) is 86.8 cm³/mol. The van der Waals surface area contributed by atoms with Crippen molar-refractivity contribution in [1.82, 2.24) is 9.97 Å². The Morgan fingerprint density at radius 2 is 1.70 bits per heavy atom. The highest BCUT2D eigenvalue weighted by molar-refractivity contribution is 9.10. The number of hydrogen-bond donors (Lipinski definition) is 1. The third-order valence-electron chi connectivity index (χ3n) is 3.12. The van der Waals surface area contributed by atoms with Crippen molar-refractivity contribution in [3.63, 3.8) is 0 Å². The quantitative estimate of drug-likeness (QED) is 0.902. The lowest BCUT2D eigenvalue weighted by molar-refractivity contribution is 0.560. The van der Waals surface area contributed by atoms with Crippen LogP contribution in [0.4, 0.5) is 5.82 Å². The van der Waals surface area contributed by atoms with E-state index in [0.717, 1.165) is 16.0 Å². The van der Waals surface area contributed by atoms with Gasteiger partial charge in [-0.3, -0.25) is 0 Å². The zero-order valence-electron chi connectivity index (χ0n) is 12.4. The van der Waals surface area contributed by atoms with Gasteiger partial charge in [-0.25, -0.2) is 9.97 Å². The molecule has 0 unspecified atom stereocenters. The van der Waals surface area contributed by atoms with E-state index in [4.69, 9.17) is 5.73 Å². The minimum Gasteiger partial charge on any atom is -0.383 e. The van der Waals surface area contributed by atoms with Crippen molar-refractivity contribution in [2.75, 3.05) is 5.73 Å². The van der Waals surface area contributed by atoms with E-state index in [9.17, 15) is 0 Å². The number of nitrogen functional groups attached to an aromatic ring is 1. The number of anilines is 1. The average Bonchev–Trinajstić information content (AvgIpc) is 2.35. The summed E-state index contributed by atoms with van der Waals surface area (Å²) in [4.78, 5) is 9.07. The Hall–Kier alpha value is -1.42. The molecule has 20 heavy (non-hydrogen) atoms. The van der Waals surface area contributed by atoms with Gasteiger partial charge in [0.1, 0.15) is 11.6 Å². The van der Waals surface area contributed by atoms with Crippen molar-refractivity contribution in [1.29, 1.82) is 0 Å². The zero-order chi connectivity index (χ0) is 14.9. The van der Waals surface area contributed by atoms with Gasteiger partial charge in [0, 0.05) is 11.8 Å². The van der Waals surface area contributed by atoms with Crippen LogP contribution in [-0.2, 0) is 11.8 Å². The van der Waals surface area contributed by atoms with Crippen LogP contribution >= 0.6 is 15.9 Å². The van der Waals surface area contributed by atoms with Gasteiger partial charge in [-0.05, 0) is 28.4 Å². The van der Waals surface area contributed by atoms with Crippen molar-refractivity contribution < 1.29 is 0 Å². The SMILES string of the molecule is Cc1ccc(Cc2nc(N)c(Br)c(C(C)(C)C)n2)cc1. The van der Waals surface area contributed by atoms with Crippen LogP contribution < -0.4 is 5.73 Å². The van der Waals surface area contributed by atoms with Crippen LogP contribution in [0.1, 0.15) is 43.4 Å². The molecule has 1 heterocycles. The normalized spacial score (nSPS) is 11.7. The molecule has 2 aromatic rings. The van der Waals surface area contributed by atoms with Gasteiger partial charge in [-0.1, -0.05) is 50.6 Å². The molecule has 0 aliphatic carbocycles. The zero-order valence-corrected chi connectivity index (χ0v) is 14.0. The Kier molecular flexibility index (Phi) is 4.14. The molecule has 0 amide bonds. The second-order valence-corrected chi connectivity index (χ2v) is 6.89. The van der Waals surface area contributed by atoms with E-state index in [-0.39, 0.29) is 5.41 Å². The maximum atomic E-state index is 6.00. The molecule has 106 valence electrons. The molecule has 0 aliphatic rings. The van der Waals surface area contributed by atoms with E-state index in [2.05, 4.69) is 77.9 Å². The van der Waals surface area contributed by atoms with Gasteiger partial charge in [0.05, 0.1) is 10.2 Å². The number of rotatable bonds is 2. The monoisotopic (exact) mass is 333 g/mol. The molecule has 0 saturated heterocycles. The van der Waals surface area contributed by atoms with Crippen molar-refractivity contribution in [3.8, 4) is 0 Å². The Morgan fingerprint density at radius 3 is 2.25 bits per heavy atom. The molecule has 4 heteroatoms. The molecule has 0 aliphatic heterocycles. The topological polar surface area (TPSA) is 51.8 Å². The van der Waals surface area contributed by atoms with Crippen molar-refractivity contribution in [3.05, 3.63) is 51.4 Å². The average molecular weight is 334 g/mol. The Balaban J connectivity index is 2.38. The lowest BCUT2D eigenvalue weighted by Crippen LogP contribution is -2.18. The summed E-state index contributed by atoms with van der Waals surface area (Å²) in [6, 6.07) is 8.41. The number of halogens is 1. The first kappa shape index (κ1) is 15.0. The fourth-order valence-electron chi connectivity index (χ4n) is 1.98. The summed E-state index contributed by atoms with van der Waals surface area (Å²) in [5.41, 5.74) is 9.32. The second kappa shape index (κ2) is 5.52. The lowest BCUT2D eigenvalue weighted by atomic mass is 9.91. The van der Waals surface area contributed by atoms with Crippen molar-refractivity contribution in [2.45, 2.75) is 39.5 Å². The Labute approximate surface area is 128 Å². The molecule has 1 aromatic carbocycles. The van der Waals surface area contributed by atoms with Crippen LogP contribution in [0.5, 0.6) is 0 Å². The summed E-state index contributed by atoms with van der Waals surface area (Å²) < 4.78 is 0.803. The third kappa shape index (κ3) is 3.37. The van der Waals surface area contributed by atoms with E-state index in [1.54, 1.807) is 0 Å². The molecule has 2 N–H and O–H groups in total. The maximum absolute atomic E-state index is 6.00. The van der Waals surface area contributed by atoms with Gasteiger partial charge in [-0.2, -0.15) is 0 Å². The van der Waals surface area contributed by atoms with Crippen molar-refractivity contribution >= 4 is 21.7 Å². The standard InChI is InChI=1S/C16H20BrN3/c1-10-5-7-11(8-6-10)9-12-19-14(16(2,3)4)13(17)15(18)20-12/h5-8H,9H2,1-4H3,(H2,18,19,20). The van der Waals surface area contributed by atoms with Crippen LogP contribution in [0, 0.1) is 6.92 Å². The molecule has 0 atom stereocenters. The molecule has 1 aromatic heterocycles. The molecular formula is C16H20BrN3. The number of benzene rings is 1. The smallest absolute Gasteiger partial charge is 0.141 e. The largest absolute Gasteiger partial charge is 0.383 e. The molecule has 3 nitrogen and oxygen atoms in total. The number of nitrogens with zero attached hydrogens (tertiary/aromatic N) is 2. The summed E-state index contributed by atoms with van der Waals surface area (Å²) >= 11 is 3.50. The highest BCUT2D eigenvalue weighted by Gasteiger charge is 2.22. The molecule has 0 fully saturated rings. The molecule has 0 saturated carbocycles. The number of nitrogens with two attached hydrogens (primary N) is 1. The lowest BCUT2D eigenvalue weighted by Gasteiger charge is -2.20. The third-order valence-corrected chi connectivity index (χ3v) is 3.90. The van der Waals surface area contributed by atoms with Gasteiger partial charge < -0.3 is 5.73 Å². The molecular weight excluding hydrogens is 314 g/mol. The minimum absolute atomic E-state index is 0.0715. The second-order valence-electron chi connectivity index (χ2n) is 6.10. The van der Waals surface area contributed by atoms with Gasteiger partial charge in [-0.15, -0.1) is 0 Å². The van der Waals surface area contributed by atoms with E-state index >= 15 is 0 Å². The van der Waals surface area contributed by atoms with Gasteiger partial charge in [0.15, 0.2) is 0 Å². The van der Waals surface area contributed by atoms with E-state index in [0.29, 0.717) is 12.2 Å².